The van der Waals surface area contributed by atoms with Gasteiger partial charge in [0, 0.05) is 52.9 Å². The summed E-state index contributed by atoms with van der Waals surface area (Å²) in [5, 5.41) is 0.990. The molecule has 2 aliphatic carbocycles. The molecule has 41 heavy (non-hydrogen) atoms. The summed E-state index contributed by atoms with van der Waals surface area (Å²) in [5.41, 5.74) is 6.30. The highest BCUT2D eigenvalue weighted by Gasteiger charge is 2.43. The monoisotopic (exact) mass is 587 g/mol. The Morgan fingerprint density at radius 2 is 1.46 bits per heavy atom. The first-order valence-electron chi connectivity index (χ1n) is 14.0. The van der Waals surface area contributed by atoms with Crippen LogP contribution >= 0.6 is 23.2 Å². The highest BCUT2D eigenvalue weighted by molar-refractivity contribution is 6.32. The van der Waals surface area contributed by atoms with E-state index in [4.69, 9.17) is 32.7 Å². The number of carbonyl (C=O) groups is 2. The summed E-state index contributed by atoms with van der Waals surface area (Å²) in [7, 11) is 1.57. The Morgan fingerprint density at radius 1 is 0.805 bits per heavy atom. The Kier molecular flexibility index (Phi) is 7.92. The minimum atomic E-state index is -0.485. The first kappa shape index (κ1) is 27.6. The fraction of sp³-hybridized carbons (Fsp3) is 0.294. The third-order valence-electron chi connectivity index (χ3n) is 8.13. The smallest absolute Gasteiger partial charge is 0.180 e. The number of rotatable bonds is 7. The van der Waals surface area contributed by atoms with Crippen LogP contribution in [0.2, 0.25) is 10.0 Å². The Labute approximate surface area is 250 Å². The van der Waals surface area contributed by atoms with E-state index < -0.39 is 5.92 Å². The maximum atomic E-state index is 13.7. The molecule has 0 bridgehead atoms. The van der Waals surface area contributed by atoms with Crippen molar-refractivity contribution in [3.05, 3.63) is 116 Å². The van der Waals surface area contributed by atoms with Crippen molar-refractivity contribution in [2.45, 2.75) is 57.6 Å². The summed E-state index contributed by atoms with van der Waals surface area (Å²) >= 11 is 13.0. The van der Waals surface area contributed by atoms with Gasteiger partial charge in [-0.15, -0.1) is 0 Å². The van der Waals surface area contributed by atoms with E-state index in [1.165, 1.54) is 0 Å². The van der Waals surface area contributed by atoms with Gasteiger partial charge in [-0.25, -0.2) is 0 Å². The summed E-state index contributed by atoms with van der Waals surface area (Å²) in [5.74, 6) is 0.567. The van der Waals surface area contributed by atoms with Crippen molar-refractivity contribution in [2.75, 3.05) is 7.11 Å². The van der Waals surface area contributed by atoms with Crippen LogP contribution in [0, 0.1) is 0 Å². The Morgan fingerprint density at radius 3 is 2.10 bits per heavy atom. The van der Waals surface area contributed by atoms with Gasteiger partial charge in [0.2, 0.25) is 0 Å². The second-order valence-corrected chi connectivity index (χ2v) is 11.6. The largest absolute Gasteiger partial charge is 0.493 e. The number of nitrogens with zero attached hydrogens (tertiary/aromatic N) is 1. The Balaban J connectivity index is 1.44. The summed E-state index contributed by atoms with van der Waals surface area (Å²) in [6.07, 6.45) is 4.12. The summed E-state index contributed by atoms with van der Waals surface area (Å²) in [4.78, 5) is 29.6. The minimum Gasteiger partial charge on any atom is -0.493 e. The lowest BCUT2D eigenvalue weighted by Crippen LogP contribution is -2.38. The lowest BCUT2D eigenvalue weighted by Gasteiger charge is -2.44. The van der Waals surface area contributed by atoms with E-state index in [0.29, 0.717) is 52.1 Å². The van der Waals surface area contributed by atoms with Crippen molar-refractivity contribution in [3.8, 4) is 11.5 Å². The van der Waals surface area contributed by atoms with Gasteiger partial charge in [-0.2, -0.15) is 0 Å². The van der Waals surface area contributed by atoms with Crippen LogP contribution in [0.5, 0.6) is 11.5 Å². The zero-order valence-electron chi connectivity index (χ0n) is 22.9. The SMILES string of the molecule is COc1cc(C2C3=C(CCCC3=O)N(Cc3ccccc3)C3=C2C(=O)CCC3)cc(Cl)c1OCc1cccc(Cl)c1. The fourth-order valence-electron chi connectivity index (χ4n) is 6.34. The molecule has 1 aliphatic heterocycles. The van der Waals surface area contributed by atoms with Gasteiger partial charge in [-0.1, -0.05) is 65.7 Å². The van der Waals surface area contributed by atoms with Gasteiger partial charge in [-0.3, -0.25) is 9.59 Å². The first-order valence-corrected chi connectivity index (χ1v) is 14.8. The number of ketones is 2. The zero-order valence-corrected chi connectivity index (χ0v) is 24.4. The van der Waals surface area contributed by atoms with Crippen LogP contribution in [-0.4, -0.2) is 23.6 Å². The average molecular weight is 589 g/mol. The molecular formula is C34H31Cl2NO4. The molecule has 3 aromatic rings. The standard InChI is InChI=1S/C34H31Cl2NO4/c1-40-30-18-23(17-25(36)34(30)41-20-22-10-5-11-24(35)16-22)31-32-26(12-6-14-28(32)38)37(19-21-8-3-2-4-9-21)27-13-7-15-29(39)33(27)31/h2-5,8-11,16-18,31H,6-7,12-15,19-20H2,1H3. The van der Waals surface area contributed by atoms with E-state index in [-0.39, 0.29) is 18.2 Å². The second kappa shape index (κ2) is 11.8. The maximum absolute atomic E-state index is 13.7. The number of hydrogen-bond acceptors (Lipinski definition) is 5. The van der Waals surface area contributed by atoms with Crippen molar-refractivity contribution in [1.82, 2.24) is 4.90 Å². The van der Waals surface area contributed by atoms with Gasteiger partial charge in [0.05, 0.1) is 12.1 Å². The number of benzene rings is 3. The van der Waals surface area contributed by atoms with Gasteiger partial charge in [0.1, 0.15) is 6.61 Å². The van der Waals surface area contributed by atoms with Crippen LogP contribution in [-0.2, 0) is 22.7 Å². The maximum Gasteiger partial charge on any atom is 0.180 e. The van der Waals surface area contributed by atoms with Crippen LogP contribution in [0.25, 0.3) is 0 Å². The molecule has 0 aromatic heterocycles. The molecule has 0 amide bonds. The molecule has 0 N–H and O–H groups in total. The van der Waals surface area contributed by atoms with Gasteiger partial charge in [0.25, 0.3) is 0 Å². The van der Waals surface area contributed by atoms with Crippen molar-refractivity contribution >= 4 is 34.8 Å². The van der Waals surface area contributed by atoms with Crippen molar-refractivity contribution in [2.24, 2.45) is 0 Å². The molecule has 7 heteroatoms. The van der Waals surface area contributed by atoms with E-state index in [1.807, 2.05) is 54.6 Å². The number of carbonyl (C=O) groups excluding carboxylic acids is 2. The number of hydrogen-bond donors (Lipinski definition) is 0. The van der Waals surface area contributed by atoms with Crippen LogP contribution in [0.1, 0.15) is 61.1 Å². The molecule has 1 heterocycles. The molecule has 0 fully saturated rings. The molecule has 3 aliphatic rings. The minimum absolute atomic E-state index is 0.0932. The molecule has 210 valence electrons. The van der Waals surface area contributed by atoms with E-state index in [0.717, 1.165) is 53.8 Å². The number of ether oxygens (including phenoxy) is 2. The van der Waals surface area contributed by atoms with Crippen LogP contribution in [0.4, 0.5) is 0 Å². The Bertz CT molecular complexity index is 1530. The quantitative estimate of drug-likeness (QED) is 0.279. The number of methoxy groups -OCH3 is 1. The van der Waals surface area contributed by atoms with Gasteiger partial charge < -0.3 is 14.4 Å². The molecule has 0 saturated heterocycles. The highest BCUT2D eigenvalue weighted by Crippen LogP contribution is 2.51. The van der Waals surface area contributed by atoms with Crippen molar-refractivity contribution in [1.29, 1.82) is 0 Å². The molecule has 0 spiro atoms. The normalized spacial score (nSPS) is 17.5. The third kappa shape index (κ3) is 5.41. The molecular weight excluding hydrogens is 557 g/mol. The number of allylic oxidation sites excluding steroid dienone is 4. The lowest BCUT2D eigenvalue weighted by atomic mass is 9.71. The van der Waals surface area contributed by atoms with E-state index in [1.54, 1.807) is 7.11 Å². The lowest BCUT2D eigenvalue weighted by molar-refractivity contribution is -0.117. The van der Waals surface area contributed by atoms with Crippen LogP contribution < -0.4 is 9.47 Å². The Hall–Kier alpha value is -3.54. The fourth-order valence-corrected chi connectivity index (χ4v) is 6.82. The molecule has 0 saturated carbocycles. The van der Waals surface area contributed by atoms with Crippen LogP contribution in [0.3, 0.4) is 0 Å². The molecule has 0 unspecified atom stereocenters. The van der Waals surface area contributed by atoms with Crippen molar-refractivity contribution in [3.63, 3.8) is 0 Å². The summed E-state index contributed by atoms with van der Waals surface area (Å²) < 4.78 is 11.8. The first-order chi connectivity index (χ1) is 19.9. The van der Waals surface area contributed by atoms with E-state index >= 15 is 0 Å². The van der Waals surface area contributed by atoms with Gasteiger partial charge in [0.15, 0.2) is 23.1 Å². The zero-order chi connectivity index (χ0) is 28.5. The number of halogens is 2. The molecule has 6 rings (SSSR count). The third-order valence-corrected chi connectivity index (χ3v) is 8.64. The topological polar surface area (TPSA) is 55.8 Å². The molecule has 5 nitrogen and oxygen atoms in total. The van der Waals surface area contributed by atoms with Gasteiger partial charge in [-0.05, 0) is 66.6 Å². The van der Waals surface area contributed by atoms with Crippen LogP contribution in [0.15, 0.2) is 89.3 Å². The van der Waals surface area contributed by atoms with E-state index in [2.05, 4.69) is 17.0 Å². The highest BCUT2D eigenvalue weighted by atomic mass is 35.5. The molecule has 0 atom stereocenters. The summed E-state index contributed by atoms with van der Waals surface area (Å²) in [6, 6.07) is 21.4. The second-order valence-electron chi connectivity index (χ2n) is 10.7. The molecule has 0 radical (unpaired) electrons. The predicted octanol–water partition coefficient (Wildman–Crippen LogP) is 8.19. The van der Waals surface area contributed by atoms with Gasteiger partial charge >= 0.3 is 0 Å². The predicted molar refractivity (Wildman–Crippen MR) is 160 cm³/mol. The van der Waals surface area contributed by atoms with E-state index in [9.17, 15) is 9.59 Å². The average Bonchev–Trinajstić information content (AvgIpc) is 2.97. The summed E-state index contributed by atoms with van der Waals surface area (Å²) in [6.45, 7) is 0.890. The number of Topliss-reactive ketones (excluding diaryl/α,β-unsaturated/α-hetero) is 2. The molecule has 3 aromatic carbocycles. The van der Waals surface area contributed by atoms with Crippen molar-refractivity contribution < 1.29 is 19.1 Å².